The first-order valence-electron chi connectivity index (χ1n) is 4.86. The average Bonchev–Trinajstić information content (AvgIpc) is 2.28. The number of carbonyl (C=O) groups is 1. The van der Waals surface area contributed by atoms with E-state index in [4.69, 9.17) is 4.42 Å². The topological polar surface area (TPSA) is 47.3 Å². The third-order valence-electron chi connectivity index (χ3n) is 2.31. The van der Waals surface area contributed by atoms with E-state index in [0.717, 1.165) is 5.56 Å². The molecule has 0 amide bonds. The van der Waals surface area contributed by atoms with Crippen LogP contribution in [-0.4, -0.2) is 6.29 Å². The summed E-state index contributed by atoms with van der Waals surface area (Å²) in [4.78, 5) is 22.1. The van der Waals surface area contributed by atoms with Gasteiger partial charge in [-0.2, -0.15) is 0 Å². The smallest absolute Gasteiger partial charge is 0.199 e. The lowest BCUT2D eigenvalue weighted by atomic mass is 10.1. The zero-order valence-corrected chi connectivity index (χ0v) is 8.77. The molecule has 1 aromatic heterocycles. The lowest BCUT2D eigenvalue weighted by Crippen LogP contribution is -2.04. The number of benzene rings is 1. The predicted octanol–water partition coefficient (Wildman–Crippen LogP) is 2.31. The highest BCUT2D eigenvalue weighted by Gasteiger charge is 2.04. The monoisotopic (exact) mass is 214 g/mol. The number of rotatable bonds is 2. The van der Waals surface area contributed by atoms with Crippen molar-refractivity contribution in [2.75, 3.05) is 0 Å². The van der Waals surface area contributed by atoms with Gasteiger partial charge in [0.05, 0.1) is 10.9 Å². The van der Waals surface area contributed by atoms with Gasteiger partial charge in [-0.3, -0.25) is 9.59 Å². The maximum atomic E-state index is 11.9. The Morgan fingerprint density at radius 1 is 1.31 bits per heavy atom. The molecule has 2 rings (SSSR count). The van der Waals surface area contributed by atoms with Crippen molar-refractivity contribution in [2.45, 2.75) is 6.92 Å². The zero-order chi connectivity index (χ0) is 11.5. The van der Waals surface area contributed by atoms with E-state index >= 15 is 0 Å². The molecule has 0 aliphatic carbocycles. The van der Waals surface area contributed by atoms with Gasteiger partial charge in [-0.25, -0.2) is 0 Å². The summed E-state index contributed by atoms with van der Waals surface area (Å²) >= 11 is 0. The highest BCUT2D eigenvalue weighted by atomic mass is 16.3. The largest absolute Gasteiger partial charge is 0.463 e. The summed E-state index contributed by atoms with van der Waals surface area (Å²) in [5, 5.41) is 0.527. The highest BCUT2D eigenvalue weighted by molar-refractivity contribution is 5.81. The molecule has 0 saturated carbocycles. The van der Waals surface area contributed by atoms with E-state index in [2.05, 4.69) is 0 Å². The Balaban J connectivity index is 2.70. The van der Waals surface area contributed by atoms with Crippen molar-refractivity contribution in [1.82, 2.24) is 0 Å². The van der Waals surface area contributed by atoms with Crippen LogP contribution >= 0.6 is 0 Å². The molecule has 3 heteroatoms. The SMILES string of the molecule is Cc1ccc2c(=O)c(C=CC=O)coc2c1. The Bertz CT molecular complexity index is 621. The minimum atomic E-state index is -0.126. The molecular weight excluding hydrogens is 204 g/mol. The molecule has 0 radical (unpaired) electrons. The van der Waals surface area contributed by atoms with Crippen LogP contribution in [0, 0.1) is 6.92 Å². The Kier molecular flexibility index (Phi) is 2.68. The van der Waals surface area contributed by atoms with Gasteiger partial charge in [0.2, 0.25) is 0 Å². The Morgan fingerprint density at radius 3 is 2.88 bits per heavy atom. The van der Waals surface area contributed by atoms with Gasteiger partial charge in [0, 0.05) is 0 Å². The van der Waals surface area contributed by atoms with E-state index in [9.17, 15) is 9.59 Å². The lowest BCUT2D eigenvalue weighted by molar-refractivity contribution is -0.104. The fourth-order valence-electron chi connectivity index (χ4n) is 1.51. The summed E-state index contributed by atoms with van der Waals surface area (Å²) in [6.07, 6.45) is 4.70. The van der Waals surface area contributed by atoms with Crippen LogP contribution in [0.4, 0.5) is 0 Å². The minimum Gasteiger partial charge on any atom is -0.463 e. The Morgan fingerprint density at radius 2 is 2.12 bits per heavy atom. The summed E-state index contributed by atoms with van der Waals surface area (Å²) in [5.41, 5.74) is 1.85. The van der Waals surface area contributed by atoms with Crippen molar-refractivity contribution in [1.29, 1.82) is 0 Å². The second-order valence-corrected chi connectivity index (χ2v) is 3.51. The van der Waals surface area contributed by atoms with Crippen LogP contribution in [0.25, 0.3) is 17.0 Å². The molecule has 0 N–H and O–H groups in total. The van der Waals surface area contributed by atoms with Crippen molar-refractivity contribution in [2.24, 2.45) is 0 Å². The van der Waals surface area contributed by atoms with Crippen LogP contribution < -0.4 is 5.43 Å². The van der Waals surface area contributed by atoms with Crippen LogP contribution in [0.15, 0.2) is 39.7 Å². The number of hydrogen-bond acceptors (Lipinski definition) is 3. The maximum Gasteiger partial charge on any atom is 0.199 e. The molecule has 16 heavy (non-hydrogen) atoms. The van der Waals surface area contributed by atoms with E-state index < -0.39 is 0 Å². The van der Waals surface area contributed by atoms with Crippen molar-refractivity contribution in [3.8, 4) is 0 Å². The first kappa shape index (κ1) is 10.4. The number of allylic oxidation sites excluding steroid dienone is 1. The molecule has 0 aliphatic rings. The molecule has 0 unspecified atom stereocenters. The van der Waals surface area contributed by atoms with Crippen molar-refractivity contribution in [3.63, 3.8) is 0 Å². The Hall–Kier alpha value is -2.16. The molecule has 3 nitrogen and oxygen atoms in total. The van der Waals surface area contributed by atoms with Crippen molar-refractivity contribution < 1.29 is 9.21 Å². The molecule has 1 aromatic carbocycles. The minimum absolute atomic E-state index is 0.126. The summed E-state index contributed by atoms with van der Waals surface area (Å²) in [5.74, 6) is 0. The molecule has 0 fully saturated rings. The molecule has 0 bridgehead atoms. The van der Waals surface area contributed by atoms with E-state index in [0.29, 0.717) is 22.8 Å². The summed E-state index contributed by atoms with van der Waals surface area (Å²) in [6.45, 7) is 1.93. The molecule has 2 aromatic rings. The van der Waals surface area contributed by atoms with E-state index in [1.807, 2.05) is 19.1 Å². The van der Waals surface area contributed by atoms with Gasteiger partial charge in [0.25, 0.3) is 0 Å². The van der Waals surface area contributed by atoms with Crippen LogP contribution in [0.2, 0.25) is 0 Å². The van der Waals surface area contributed by atoms with Gasteiger partial charge in [-0.1, -0.05) is 6.07 Å². The van der Waals surface area contributed by atoms with Gasteiger partial charge in [0.1, 0.15) is 18.1 Å². The van der Waals surface area contributed by atoms with E-state index in [-0.39, 0.29) is 5.43 Å². The second-order valence-electron chi connectivity index (χ2n) is 3.51. The van der Waals surface area contributed by atoms with Crippen molar-refractivity contribution >= 4 is 23.3 Å². The molecule has 0 atom stereocenters. The van der Waals surface area contributed by atoms with Crippen LogP contribution in [0.5, 0.6) is 0 Å². The fourth-order valence-corrected chi connectivity index (χ4v) is 1.51. The first-order valence-corrected chi connectivity index (χ1v) is 4.86. The number of fused-ring (bicyclic) bond motifs is 1. The highest BCUT2D eigenvalue weighted by Crippen LogP contribution is 2.13. The maximum absolute atomic E-state index is 11.9. The predicted molar refractivity (Wildman–Crippen MR) is 62.3 cm³/mol. The molecule has 0 spiro atoms. The number of aryl methyl sites for hydroxylation is 1. The fraction of sp³-hybridized carbons (Fsp3) is 0.0769. The zero-order valence-electron chi connectivity index (χ0n) is 8.77. The normalized spacial score (nSPS) is 11.1. The summed E-state index contributed by atoms with van der Waals surface area (Å²) < 4.78 is 5.33. The molecular formula is C13H10O3. The third-order valence-corrected chi connectivity index (χ3v) is 2.31. The summed E-state index contributed by atoms with van der Waals surface area (Å²) in [7, 11) is 0. The first-order chi connectivity index (χ1) is 7.72. The van der Waals surface area contributed by atoms with Crippen LogP contribution in [0.1, 0.15) is 11.1 Å². The standard InChI is InChI=1S/C13H10O3/c1-9-4-5-11-12(7-9)16-8-10(13(11)15)3-2-6-14/h2-8H,1H3. The molecule has 0 saturated heterocycles. The Labute approximate surface area is 92.0 Å². The number of aldehydes is 1. The quantitative estimate of drug-likeness (QED) is 0.569. The van der Waals surface area contributed by atoms with Gasteiger partial charge >= 0.3 is 0 Å². The summed E-state index contributed by atoms with van der Waals surface area (Å²) in [6, 6.07) is 5.39. The van der Waals surface area contributed by atoms with Gasteiger partial charge < -0.3 is 4.42 Å². The third kappa shape index (κ3) is 1.80. The van der Waals surface area contributed by atoms with E-state index in [1.54, 1.807) is 6.07 Å². The number of carbonyl (C=O) groups excluding carboxylic acids is 1. The molecule has 80 valence electrons. The van der Waals surface area contributed by atoms with E-state index in [1.165, 1.54) is 18.4 Å². The molecule has 1 heterocycles. The van der Waals surface area contributed by atoms with Crippen LogP contribution in [0.3, 0.4) is 0 Å². The lowest BCUT2D eigenvalue weighted by Gasteiger charge is -1.99. The average molecular weight is 214 g/mol. The molecule has 0 aliphatic heterocycles. The second kappa shape index (κ2) is 4.14. The van der Waals surface area contributed by atoms with Crippen molar-refractivity contribution in [3.05, 3.63) is 51.9 Å². The van der Waals surface area contributed by atoms with Gasteiger partial charge in [-0.15, -0.1) is 0 Å². The number of hydrogen-bond donors (Lipinski definition) is 0. The van der Waals surface area contributed by atoms with Gasteiger partial charge in [0.15, 0.2) is 5.43 Å². The van der Waals surface area contributed by atoms with Gasteiger partial charge in [-0.05, 0) is 36.8 Å². The van der Waals surface area contributed by atoms with Crippen LogP contribution in [-0.2, 0) is 4.79 Å².